The van der Waals surface area contributed by atoms with Crippen LogP contribution in [0, 0.1) is 18.3 Å². The monoisotopic (exact) mass is 262 g/mol. The van der Waals surface area contributed by atoms with Crippen LogP contribution in [0.4, 0.5) is 0 Å². The molecule has 0 aromatic heterocycles. The minimum absolute atomic E-state index is 0.583. The molecule has 0 unspecified atom stereocenters. The summed E-state index contributed by atoms with van der Waals surface area (Å²) in [6, 6.07) is 20.5. The molecule has 0 heterocycles. The lowest BCUT2D eigenvalue weighted by Crippen LogP contribution is -2.16. The molecule has 0 atom stereocenters. The van der Waals surface area contributed by atoms with Crippen molar-refractivity contribution in [2.75, 3.05) is 6.54 Å². The van der Waals surface area contributed by atoms with Crippen molar-refractivity contribution < 1.29 is 0 Å². The fraction of sp³-hybridized carbons (Fsp3) is 0.167. The largest absolute Gasteiger partial charge is 0.308 e. The molecule has 2 nitrogen and oxygen atoms in total. The van der Waals surface area contributed by atoms with E-state index in [4.69, 9.17) is 0 Å². The van der Waals surface area contributed by atoms with Gasteiger partial charge in [-0.15, -0.1) is 0 Å². The molecule has 2 rings (SSSR count). The summed E-state index contributed by atoms with van der Waals surface area (Å²) in [6.07, 6.45) is 1.95. The topological polar surface area (TPSA) is 35.8 Å². The van der Waals surface area contributed by atoms with Crippen LogP contribution in [0.25, 0.3) is 6.08 Å². The molecule has 0 aliphatic heterocycles. The molecule has 0 amide bonds. The van der Waals surface area contributed by atoms with Crippen LogP contribution in [0.2, 0.25) is 0 Å². The second-order valence-corrected chi connectivity index (χ2v) is 4.73. The molecule has 0 radical (unpaired) electrons. The first-order chi connectivity index (χ1) is 9.79. The molecule has 100 valence electrons. The van der Waals surface area contributed by atoms with Gasteiger partial charge in [0.2, 0.25) is 0 Å². The van der Waals surface area contributed by atoms with Crippen molar-refractivity contribution in [3.8, 4) is 6.07 Å². The fourth-order valence-electron chi connectivity index (χ4n) is 2.00. The van der Waals surface area contributed by atoms with Gasteiger partial charge in [0.25, 0.3) is 0 Å². The second-order valence-electron chi connectivity index (χ2n) is 4.73. The minimum Gasteiger partial charge on any atom is -0.308 e. The van der Waals surface area contributed by atoms with Crippen molar-refractivity contribution in [3.63, 3.8) is 0 Å². The zero-order valence-corrected chi connectivity index (χ0v) is 11.6. The highest BCUT2D eigenvalue weighted by Crippen LogP contribution is 2.11. The van der Waals surface area contributed by atoms with Gasteiger partial charge in [-0.05, 0) is 29.7 Å². The molecule has 0 bridgehead atoms. The Hall–Kier alpha value is -2.37. The normalized spacial score (nSPS) is 11.1. The molecule has 2 aromatic rings. The Bertz CT molecular complexity index is 621. The molecule has 0 aliphatic carbocycles. The lowest BCUT2D eigenvalue weighted by molar-refractivity contribution is 0.750. The number of nitrogens with one attached hydrogen (secondary N) is 1. The van der Waals surface area contributed by atoms with Gasteiger partial charge in [-0.25, -0.2) is 0 Å². The van der Waals surface area contributed by atoms with Crippen molar-refractivity contribution in [2.45, 2.75) is 13.5 Å². The molecule has 1 N–H and O–H groups in total. The van der Waals surface area contributed by atoms with Crippen LogP contribution < -0.4 is 5.32 Å². The quantitative estimate of drug-likeness (QED) is 0.834. The van der Waals surface area contributed by atoms with Gasteiger partial charge in [0.05, 0.1) is 6.07 Å². The molecule has 20 heavy (non-hydrogen) atoms. The van der Waals surface area contributed by atoms with E-state index in [-0.39, 0.29) is 0 Å². The Morgan fingerprint density at radius 1 is 1.10 bits per heavy atom. The number of hydrogen-bond donors (Lipinski definition) is 1. The van der Waals surface area contributed by atoms with Crippen LogP contribution in [-0.4, -0.2) is 6.54 Å². The summed E-state index contributed by atoms with van der Waals surface area (Å²) in [6.45, 7) is 3.41. The smallest absolute Gasteiger partial charge is 0.0961 e. The van der Waals surface area contributed by atoms with Gasteiger partial charge in [0.15, 0.2) is 0 Å². The molecule has 2 aromatic carbocycles. The van der Waals surface area contributed by atoms with Crippen LogP contribution in [0.1, 0.15) is 16.7 Å². The first kappa shape index (κ1) is 14.0. The molecule has 0 saturated heterocycles. The summed E-state index contributed by atoms with van der Waals surface area (Å²) in [7, 11) is 0. The molecular weight excluding hydrogens is 244 g/mol. The van der Waals surface area contributed by atoms with Crippen molar-refractivity contribution in [1.29, 1.82) is 5.26 Å². The summed E-state index contributed by atoms with van der Waals surface area (Å²) in [5.41, 5.74) is 4.25. The third-order valence-electron chi connectivity index (χ3n) is 3.15. The number of benzene rings is 2. The van der Waals surface area contributed by atoms with Gasteiger partial charge in [-0.2, -0.15) is 5.26 Å². The lowest BCUT2D eigenvalue weighted by atomic mass is 10.1. The molecule has 0 aliphatic rings. The minimum atomic E-state index is 0.583. The summed E-state index contributed by atoms with van der Waals surface area (Å²) in [5.74, 6) is 0. The van der Waals surface area contributed by atoms with E-state index in [2.05, 4.69) is 36.5 Å². The summed E-state index contributed by atoms with van der Waals surface area (Å²) >= 11 is 0. The Morgan fingerprint density at radius 2 is 1.80 bits per heavy atom. The average molecular weight is 262 g/mol. The Morgan fingerprint density at radius 3 is 2.50 bits per heavy atom. The Kier molecular flexibility index (Phi) is 5.11. The van der Waals surface area contributed by atoms with Crippen LogP contribution in [0.5, 0.6) is 0 Å². The number of rotatable bonds is 5. The predicted octanol–water partition coefficient (Wildman–Crippen LogP) is 3.69. The maximum atomic E-state index is 9.22. The first-order valence-corrected chi connectivity index (χ1v) is 6.70. The van der Waals surface area contributed by atoms with Crippen molar-refractivity contribution in [2.24, 2.45) is 0 Å². The third-order valence-corrected chi connectivity index (χ3v) is 3.15. The van der Waals surface area contributed by atoms with E-state index in [0.29, 0.717) is 6.54 Å². The summed E-state index contributed by atoms with van der Waals surface area (Å²) in [5, 5.41) is 12.5. The third kappa shape index (κ3) is 4.08. The molecule has 0 fully saturated rings. The highest BCUT2D eigenvalue weighted by atomic mass is 14.8. The van der Waals surface area contributed by atoms with Gasteiger partial charge in [0.1, 0.15) is 0 Å². The SMILES string of the molecule is Cc1ccccc1/C=C(\C#N)CNCc1ccccc1. The van der Waals surface area contributed by atoms with Gasteiger partial charge < -0.3 is 5.32 Å². The van der Waals surface area contributed by atoms with Crippen molar-refractivity contribution in [1.82, 2.24) is 5.32 Å². The zero-order chi connectivity index (χ0) is 14.2. The van der Waals surface area contributed by atoms with Crippen LogP contribution in [-0.2, 0) is 6.54 Å². The van der Waals surface area contributed by atoms with Crippen LogP contribution in [0.3, 0.4) is 0 Å². The number of aryl methyl sites for hydroxylation is 1. The maximum absolute atomic E-state index is 9.22. The van der Waals surface area contributed by atoms with E-state index in [0.717, 1.165) is 17.7 Å². The highest BCUT2D eigenvalue weighted by molar-refractivity contribution is 5.60. The van der Waals surface area contributed by atoms with Gasteiger partial charge in [-0.3, -0.25) is 0 Å². The van der Waals surface area contributed by atoms with E-state index < -0.39 is 0 Å². The van der Waals surface area contributed by atoms with E-state index in [9.17, 15) is 5.26 Å². The second kappa shape index (κ2) is 7.28. The first-order valence-electron chi connectivity index (χ1n) is 6.70. The van der Waals surface area contributed by atoms with Crippen molar-refractivity contribution in [3.05, 3.63) is 76.9 Å². The van der Waals surface area contributed by atoms with E-state index in [1.165, 1.54) is 11.1 Å². The van der Waals surface area contributed by atoms with Crippen LogP contribution in [0.15, 0.2) is 60.2 Å². The average Bonchev–Trinajstić information content (AvgIpc) is 2.49. The van der Waals surface area contributed by atoms with Crippen molar-refractivity contribution >= 4 is 6.08 Å². The van der Waals surface area contributed by atoms with E-state index in [1.54, 1.807) is 0 Å². The molecular formula is C18H18N2. The van der Waals surface area contributed by atoms with Crippen LogP contribution >= 0.6 is 0 Å². The lowest BCUT2D eigenvalue weighted by Gasteiger charge is -2.05. The van der Waals surface area contributed by atoms with Gasteiger partial charge in [-0.1, -0.05) is 54.6 Å². The Labute approximate surface area is 120 Å². The summed E-state index contributed by atoms with van der Waals surface area (Å²) < 4.78 is 0. The number of hydrogen-bond acceptors (Lipinski definition) is 2. The molecule has 2 heteroatoms. The standard InChI is InChI=1S/C18H18N2/c1-15-7-5-6-10-18(15)11-17(12-19)14-20-13-16-8-3-2-4-9-16/h2-11,20H,13-14H2,1H3/b17-11+. The maximum Gasteiger partial charge on any atom is 0.0961 e. The summed E-state index contributed by atoms with van der Waals surface area (Å²) in [4.78, 5) is 0. The van der Waals surface area contributed by atoms with E-state index >= 15 is 0 Å². The van der Waals surface area contributed by atoms with Gasteiger partial charge >= 0.3 is 0 Å². The van der Waals surface area contributed by atoms with Gasteiger partial charge in [0, 0.05) is 18.7 Å². The molecule has 0 saturated carbocycles. The predicted molar refractivity (Wildman–Crippen MR) is 82.9 cm³/mol. The van der Waals surface area contributed by atoms with E-state index in [1.807, 2.05) is 42.5 Å². The highest BCUT2D eigenvalue weighted by Gasteiger charge is 1.99. The zero-order valence-electron chi connectivity index (χ0n) is 11.6. The number of nitrogens with zero attached hydrogens (tertiary/aromatic N) is 1. The molecule has 0 spiro atoms. The Balaban J connectivity index is 1.97. The number of nitriles is 1. The fourth-order valence-corrected chi connectivity index (χ4v) is 2.00.